The molecule has 0 amide bonds. The lowest BCUT2D eigenvalue weighted by Gasteiger charge is -2.30. The van der Waals surface area contributed by atoms with Crippen LogP contribution in [0.25, 0.3) is 44.2 Å². The number of benzene rings is 7. The molecule has 1 nitrogen and oxygen atoms in total. The van der Waals surface area contributed by atoms with Gasteiger partial charge in [-0.3, -0.25) is 0 Å². The van der Waals surface area contributed by atoms with Gasteiger partial charge < -0.3 is 4.42 Å². The van der Waals surface area contributed by atoms with E-state index in [1.165, 1.54) is 83.1 Å². The summed E-state index contributed by atoms with van der Waals surface area (Å²) in [6.07, 6.45) is 3.16. The minimum Gasteiger partial charge on any atom is -0.456 e. The van der Waals surface area contributed by atoms with Crippen molar-refractivity contribution in [1.82, 2.24) is 0 Å². The summed E-state index contributed by atoms with van der Waals surface area (Å²) in [6, 6.07) is 57.7. The van der Waals surface area contributed by atoms with Crippen LogP contribution in [-0.4, -0.2) is 0 Å². The summed E-state index contributed by atoms with van der Waals surface area (Å²) in [4.78, 5) is 0. The Labute approximate surface area is 359 Å². The zero-order chi connectivity index (χ0) is 42.3. The quantitative estimate of drug-likeness (QED) is 0.119. The summed E-state index contributed by atoms with van der Waals surface area (Å²) in [5.41, 5.74) is 21.3. The highest BCUT2D eigenvalue weighted by atomic mass is 16.3. The molecule has 0 aliphatic heterocycles. The Kier molecular flexibility index (Phi) is 13.4. The van der Waals surface area contributed by atoms with Crippen molar-refractivity contribution in [2.45, 2.75) is 99.3 Å². The molecule has 1 aromatic heterocycles. The Bertz CT molecular complexity index is 2740. The monoisotopic (exact) mass is 786 g/mol. The van der Waals surface area contributed by atoms with Crippen molar-refractivity contribution in [2.24, 2.45) is 0 Å². The number of hydrogen-bond acceptors (Lipinski definition) is 1. The van der Waals surface area contributed by atoms with Crippen LogP contribution >= 0.6 is 0 Å². The van der Waals surface area contributed by atoms with Crippen LogP contribution in [0.4, 0.5) is 0 Å². The Morgan fingerprint density at radius 2 is 1.17 bits per heavy atom. The fraction of sp³-hybridized carbons (Fsp3) is 0.254. The van der Waals surface area contributed by atoms with Crippen LogP contribution < -0.4 is 0 Å². The standard InChI is InChI=1S/C46H52.C13H10O/c1-9-31(3)41-21-16-17-23-43(41)44-29-39(27-25-35(44)7)38-26-24-33(5)40(28-38)30-45(42-22-15-14-18-34(42)6)46(32(4)10-2)36(8)37-19-12-11-13-20-37;1-9-6-7-13-11(8-9)10-4-2-3-5-12(10)14-13/h11-29,31,36,45H,9-10,30H2,1-8H3;2-8H,1H3/b46-32-;. The van der Waals surface area contributed by atoms with Crippen LogP contribution in [0.3, 0.4) is 0 Å². The maximum atomic E-state index is 5.71. The predicted octanol–water partition coefficient (Wildman–Crippen LogP) is 17.2. The third kappa shape index (κ3) is 9.12. The van der Waals surface area contributed by atoms with E-state index >= 15 is 0 Å². The van der Waals surface area contributed by atoms with Crippen LogP contribution in [-0.2, 0) is 6.42 Å². The Morgan fingerprint density at radius 1 is 0.533 bits per heavy atom. The molecule has 1 heterocycles. The molecule has 304 valence electrons. The van der Waals surface area contributed by atoms with Crippen LogP contribution in [0, 0.1) is 27.7 Å². The second kappa shape index (κ2) is 19.0. The maximum Gasteiger partial charge on any atom is 0.135 e. The summed E-state index contributed by atoms with van der Waals surface area (Å²) in [7, 11) is 0. The van der Waals surface area contributed by atoms with Gasteiger partial charge >= 0.3 is 0 Å². The molecule has 0 saturated heterocycles. The first-order valence-corrected chi connectivity index (χ1v) is 22.1. The second-order valence-electron chi connectivity index (χ2n) is 17.0. The lowest BCUT2D eigenvalue weighted by atomic mass is 9.74. The molecule has 7 aromatic carbocycles. The summed E-state index contributed by atoms with van der Waals surface area (Å²) in [6.45, 7) is 20.6. The molecule has 8 aromatic rings. The van der Waals surface area contributed by atoms with Gasteiger partial charge in [-0.05, 0) is 145 Å². The van der Waals surface area contributed by atoms with E-state index < -0.39 is 0 Å². The zero-order valence-electron chi connectivity index (χ0n) is 37.3. The number of hydrogen-bond donors (Lipinski definition) is 0. The molecule has 0 bridgehead atoms. The number of para-hydroxylation sites is 1. The largest absolute Gasteiger partial charge is 0.456 e. The van der Waals surface area contributed by atoms with Crippen molar-refractivity contribution in [3.05, 3.63) is 213 Å². The number of fused-ring (bicyclic) bond motifs is 3. The first-order valence-electron chi connectivity index (χ1n) is 22.1. The lowest BCUT2D eigenvalue weighted by Crippen LogP contribution is -2.15. The van der Waals surface area contributed by atoms with Gasteiger partial charge in [0.05, 0.1) is 0 Å². The van der Waals surface area contributed by atoms with Crippen LogP contribution in [0.1, 0.15) is 110 Å². The Morgan fingerprint density at radius 3 is 1.90 bits per heavy atom. The molecule has 60 heavy (non-hydrogen) atoms. The molecule has 0 saturated carbocycles. The summed E-state index contributed by atoms with van der Waals surface area (Å²) in [5, 5.41) is 2.41. The minimum atomic E-state index is 0.293. The average Bonchev–Trinajstić information content (AvgIpc) is 3.65. The number of rotatable bonds is 11. The summed E-state index contributed by atoms with van der Waals surface area (Å²) < 4.78 is 5.71. The number of allylic oxidation sites excluding steroid dienone is 2. The first kappa shape index (κ1) is 42.2. The average molecular weight is 787 g/mol. The highest BCUT2D eigenvalue weighted by Crippen LogP contribution is 2.43. The topological polar surface area (TPSA) is 13.1 Å². The van der Waals surface area contributed by atoms with Gasteiger partial charge in [0.25, 0.3) is 0 Å². The van der Waals surface area contributed by atoms with Crippen molar-refractivity contribution in [3.8, 4) is 22.3 Å². The van der Waals surface area contributed by atoms with E-state index in [0.717, 1.165) is 30.4 Å². The Hall–Kier alpha value is -5.92. The fourth-order valence-electron chi connectivity index (χ4n) is 9.07. The first-order chi connectivity index (χ1) is 29.1. The third-order valence-corrected chi connectivity index (χ3v) is 13.0. The summed E-state index contributed by atoms with van der Waals surface area (Å²) in [5.74, 6) is 1.15. The molecule has 1 heteroatoms. The Balaban J connectivity index is 0.000000323. The van der Waals surface area contributed by atoms with Gasteiger partial charge in [-0.15, -0.1) is 0 Å². The van der Waals surface area contributed by atoms with Crippen LogP contribution in [0.5, 0.6) is 0 Å². The molecule has 8 rings (SSSR count). The fourth-order valence-corrected chi connectivity index (χ4v) is 9.07. The van der Waals surface area contributed by atoms with Crippen molar-refractivity contribution < 1.29 is 4.42 Å². The van der Waals surface area contributed by atoms with Gasteiger partial charge in [0, 0.05) is 22.6 Å². The summed E-state index contributed by atoms with van der Waals surface area (Å²) >= 11 is 0. The molecule has 3 unspecified atom stereocenters. The molecule has 3 atom stereocenters. The molecule has 0 aliphatic rings. The third-order valence-electron chi connectivity index (χ3n) is 13.0. The smallest absolute Gasteiger partial charge is 0.135 e. The van der Waals surface area contributed by atoms with Crippen molar-refractivity contribution >= 4 is 21.9 Å². The van der Waals surface area contributed by atoms with E-state index in [1.807, 2.05) is 24.3 Å². The zero-order valence-corrected chi connectivity index (χ0v) is 37.3. The van der Waals surface area contributed by atoms with Crippen molar-refractivity contribution in [3.63, 3.8) is 0 Å². The maximum absolute atomic E-state index is 5.71. The van der Waals surface area contributed by atoms with E-state index in [4.69, 9.17) is 4.42 Å². The molecule has 0 spiro atoms. The van der Waals surface area contributed by atoms with Gasteiger partial charge in [-0.2, -0.15) is 0 Å². The molecule has 0 fully saturated rings. The van der Waals surface area contributed by atoms with E-state index in [2.05, 4.69) is 196 Å². The second-order valence-corrected chi connectivity index (χ2v) is 17.0. The van der Waals surface area contributed by atoms with E-state index in [-0.39, 0.29) is 0 Å². The van der Waals surface area contributed by atoms with Gasteiger partial charge in [-0.25, -0.2) is 0 Å². The van der Waals surface area contributed by atoms with Crippen molar-refractivity contribution in [1.29, 1.82) is 0 Å². The van der Waals surface area contributed by atoms with Gasteiger partial charge in [0.15, 0.2) is 0 Å². The van der Waals surface area contributed by atoms with E-state index in [9.17, 15) is 0 Å². The SMILES string of the molecule is CC/C(C)=C(/C(C)c1ccccc1)C(Cc1cc(-c2ccc(C)c(-c3ccccc3C(C)CC)c2)ccc1C)c1ccccc1C.Cc1ccc2oc3ccccc3c2c1. The van der Waals surface area contributed by atoms with Gasteiger partial charge in [0.2, 0.25) is 0 Å². The van der Waals surface area contributed by atoms with Gasteiger partial charge in [0.1, 0.15) is 11.2 Å². The highest BCUT2D eigenvalue weighted by Gasteiger charge is 2.27. The van der Waals surface area contributed by atoms with Crippen molar-refractivity contribution in [2.75, 3.05) is 0 Å². The minimum absolute atomic E-state index is 0.293. The normalized spacial score (nSPS) is 13.3. The molecule has 0 N–H and O–H groups in total. The number of furan rings is 1. The molecule has 0 radical (unpaired) electrons. The number of aryl methyl sites for hydroxylation is 4. The van der Waals surface area contributed by atoms with E-state index in [0.29, 0.717) is 17.8 Å². The molecular weight excluding hydrogens is 725 g/mol. The highest BCUT2D eigenvalue weighted by molar-refractivity contribution is 6.04. The lowest BCUT2D eigenvalue weighted by molar-refractivity contribution is 0.669. The van der Waals surface area contributed by atoms with Gasteiger partial charge in [-0.1, -0.05) is 178 Å². The molecule has 0 aliphatic carbocycles. The molecular formula is C59H62O. The van der Waals surface area contributed by atoms with E-state index in [1.54, 1.807) is 5.57 Å². The predicted molar refractivity (Wildman–Crippen MR) is 259 cm³/mol. The van der Waals surface area contributed by atoms with Crippen LogP contribution in [0.2, 0.25) is 0 Å². The van der Waals surface area contributed by atoms with Crippen LogP contribution in [0.15, 0.2) is 173 Å².